The van der Waals surface area contributed by atoms with Crippen molar-refractivity contribution >= 4 is 0 Å². The van der Waals surface area contributed by atoms with Crippen LogP contribution in [0.25, 0.3) is 0 Å². The maximum atomic E-state index is 2.17. The van der Waals surface area contributed by atoms with E-state index in [4.69, 9.17) is 0 Å². The highest BCUT2D eigenvalue weighted by atomic mass is 15.0. The first-order chi connectivity index (χ1) is 5.20. The summed E-state index contributed by atoms with van der Waals surface area (Å²) >= 11 is 0. The van der Waals surface area contributed by atoms with Gasteiger partial charge in [-0.15, -0.1) is 0 Å². The predicted molar refractivity (Wildman–Crippen MR) is 60.6 cm³/mol. The maximum Gasteiger partial charge on any atom is -0.0140 e. The highest BCUT2D eigenvalue weighted by Crippen LogP contribution is 1.81. The SMILES string of the molecule is CC(C)C.CC(C)C.CN(C)C. The van der Waals surface area contributed by atoms with E-state index in [0.29, 0.717) is 0 Å². The smallest absolute Gasteiger partial charge is 0.0140 e. The Morgan fingerprint density at radius 1 is 0.583 bits per heavy atom. The average molecular weight is 175 g/mol. The zero-order valence-corrected chi connectivity index (χ0v) is 10.6. The molecule has 0 aromatic rings. The molecule has 0 bridgehead atoms. The molecule has 0 fully saturated rings. The highest BCUT2D eigenvalue weighted by molar-refractivity contribution is 4.21. The second-order valence-electron chi connectivity index (χ2n) is 4.81. The minimum absolute atomic E-state index is 0.833. The van der Waals surface area contributed by atoms with Crippen molar-refractivity contribution in [3.05, 3.63) is 0 Å². The van der Waals surface area contributed by atoms with E-state index >= 15 is 0 Å². The van der Waals surface area contributed by atoms with Crippen LogP contribution in [0.1, 0.15) is 41.5 Å². The molecule has 1 nitrogen and oxygen atoms in total. The van der Waals surface area contributed by atoms with Crippen LogP contribution in [-0.4, -0.2) is 26.0 Å². The van der Waals surface area contributed by atoms with Gasteiger partial charge in [0.05, 0.1) is 0 Å². The molecule has 0 radical (unpaired) electrons. The van der Waals surface area contributed by atoms with Gasteiger partial charge in [-0.05, 0) is 33.0 Å². The Kier molecular flexibility index (Phi) is 20.2. The number of rotatable bonds is 0. The molecule has 78 valence electrons. The van der Waals surface area contributed by atoms with Crippen LogP contribution < -0.4 is 0 Å². The summed E-state index contributed by atoms with van der Waals surface area (Å²) in [4.78, 5) is 2.00. The molecule has 0 rings (SSSR count). The van der Waals surface area contributed by atoms with Crippen LogP contribution in [0.3, 0.4) is 0 Å². The summed E-state index contributed by atoms with van der Waals surface area (Å²) in [6.07, 6.45) is 0. The Bertz CT molecular complexity index is 33.5. The molecule has 0 aliphatic carbocycles. The lowest BCUT2D eigenvalue weighted by Gasteiger charge is -1.90. The molecule has 0 N–H and O–H groups in total. The first-order valence-corrected chi connectivity index (χ1v) is 4.81. The third kappa shape index (κ3) is 500000. The van der Waals surface area contributed by atoms with E-state index in [0.717, 1.165) is 11.8 Å². The summed E-state index contributed by atoms with van der Waals surface area (Å²) in [6.45, 7) is 13.0. The minimum Gasteiger partial charge on any atom is -0.312 e. The van der Waals surface area contributed by atoms with Crippen LogP contribution in [0.15, 0.2) is 0 Å². The first kappa shape index (κ1) is 17.9. The number of hydrogen-bond donors (Lipinski definition) is 0. The molecule has 0 spiro atoms. The summed E-state index contributed by atoms with van der Waals surface area (Å²) < 4.78 is 0. The van der Waals surface area contributed by atoms with E-state index < -0.39 is 0 Å². The lowest BCUT2D eigenvalue weighted by molar-refractivity contribution is 0.505. The van der Waals surface area contributed by atoms with Gasteiger partial charge in [0.1, 0.15) is 0 Å². The molecule has 0 saturated heterocycles. The predicted octanol–water partition coefficient (Wildman–Crippen LogP) is 3.50. The van der Waals surface area contributed by atoms with Crippen molar-refractivity contribution in [3.63, 3.8) is 0 Å². The summed E-state index contributed by atoms with van der Waals surface area (Å²) in [7, 11) is 6.00. The van der Waals surface area contributed by atoms with Crippen molar-refractivity contribution < 1.29 is 0 Å². The van der Waals surface area contributed by atoms with E-state index in [2.05, 4.69) is 41.5 Å². The highest BCUT2D eigenvalue weighted by Gasteiger charge is 1.68. The van der Waals surface area contributed by atoms with Gasteiger partial charge >= 0.3 is 0 Å². The van der Waals surface area contributed by atoms with Gasteiger partial charge in [-0.3, -0.25) is 0 Å². The molecule has 0 saturated carbocycles. The van der Waals surface area contributed by atoms with Gasteiger partial charge in [0.2, 0.25) is 0 Å². The number of hydrogen-bond acceptors (Lipinski definition) is 1. The molecule has 0 aliphatic heterocycles. The summed E-state index contributed by atoms with van der Waals surface area (Å²) in [5.74, 6) is 1.67. The van der Waals surface area contributed by atoms with Crippen molar-refractivity contribution in [2.75, 3.05) is 21.1 Å². The minimum atomic E-state index is 0.833. The maximum absolute atomic E-state index is 2.17. The second kappa shape index (κ2) is 13.5. The third-order valence-corrected chi connectivity index (χ3v) is 0. The lowest BCUT2D eigenvalue weighted by Crippen LogP contribution is -1.99. The Morgan fingerprint density at radius 3 is 0.583 bits per heavy atom. The van der Waals surface area contributed by atoms with Crippen molar-refractivity contribution in [3.8, 4) is 0 Å². The Balaban J connectivity index is -0.000000101. The van der Waals surface area contributed by atoms with Crippen molar-refractivity contribution in [2.24, 2.45) is 11.8 Å². The Labute approximate surface area is 80.2 Å². The summed E-state index contributed by atoms with van der Waals surface area (Å²) in [5.41, 5.74) is 0. The van der Waals surface area contributed by atoms with Crippen molar-refractivity contribution in [1.29, 1.82) is 0 Å². The average Bonchev–Trinajstić information content (AvgIpc) is 1.54. The van der Waals surface area contributed by atoms with E-state index in [9.17, 15) is 0 Å². The van der Waals surface area contributed by atoms with E-state index in [1.807, 2.05) is 26.0 Å². The fraction of sp³-hybridized carbons (Fsp3) is 1.00. The fourth-order valence-corrected chi connectivity index (χ4v) is 0. The van der Waals surface area contributed by atoms with Gasteiger partial charge in [-0.1, -0.05) is 41.5 Å². The topological polar surface area (TPSA) is 3.24 Å². The molecule has 0 heterocycles. The summed E-state index contributed by atoms with van der Waals surface area (Å²) in [5, 5.41) is 0. The van der Waals surface area contributed by atoms with Gasteiger partial charge in [-0.2, -0.15) is 0 Å². The van der Waals surface area contributed by atoms with Gasteiger partial charge in [-0.25, -0.2) is 0 Å². The van der Waals surface area contributed by atoms with E-state index in [1.54, 1.807) is 0 Å². The molecule has 0 aliphatic rings. The van der Waals surface area contributed by atoms with Gasteiger partial charge in [0, 0.05) is 0 Å². The summed E-state index contributed by atoms with van der Waals surface area (Å²) in [6, 6.07) is 0. The molecule has 0 atom stereocenters. The molecule has 1 heteroatoms. The molecular weight excluding hydrogens is 146 g/mol. The normalized spacial score (nSPS) is 9.00. The first-order valence-electron chi connectivity index (χ1n) is 4.81. The fourth-order valence-electron chi connectivity index (χ4n) is 0. The quantitative estimate of drug-likeness (QED) is 0.544. The van der Waals surface area contributed by atoms with Gasteiger partial charge in [0.15, 0.2) is 0 Å². The molecule has 0 amide bonds. The van der Waals surface area contributed by atoms with Crippen LogP contribution in [0, 0.1) is 11.8 Å². The van der Waals surface area contributed by atoms with E-state index in [1.165, 1.54) is 0 Å². The third-order valence-electron chi connectivity index (χ3n) is 0. The second-order valence-corrected chi connectivity index (χ2v) is 4.81. The van der Waals surface area contributed by atoms with Crippen molar-refractivity contribution in [1.82, 2.24) is 4.90 Å². The zero-order chi connectivity index (χ0) is 10.7. The van der Waals surface area contributed by atoms with Crippen LogP contribution in [0.4, 0.5) is 0 Å². The molecule has 0 aromatic carbocycles. The van der Waals surface area contributed by atoms with Crippen molar-refractivity contribution in [2.45, 2.75) is 41.5 Å². The largest absolute Gasteiger partial charge is 0.312 e. The standard InChI is InChI=1S/2C4H10.C3H9N/c3*1-4(2)3/h2*4H,1-3H3;1-3H3. The molecule has 0 aromatic heterocycles. The van der Waals surface area contributed by atoms with Gasteiger partial charge < -0.3 is 4.90 Å². The van der Waals surface area contributed by atoms with Crippen LogP contribution in [0.2, 0.25) is 0 Å². The molecular formula is C11H29N. The van der Waals surface area contributed by atoms with Crippen LogP contribution >= 0.6 is 0 Å². The monoisotopic (exact) mass is 175 g/mol. The van der Waals surface area contributed by atoms with Crippen LogP contribution in [-0.2, 0) is 0 Å². The zero-order valence-electron chi connectivity index (χ0n) is 10.6. The Morgan fingerprint density at radius 2 is 0.583 bits per heavy atom. The van der Waals surface area contributed by atoms with E-state index in [-0.39, 0.29) is 0 Å². The molecule has 12 heavy (non-hydrogen) atoms. The Hall–Kier alpha value is -0.0400. The lowest BCUT2D eigenvalue weighted by atomic mass is 10.3. The van der Waals surface area contributed by atoms with Crippen LogP contribution in [0.5, 0.6) is 0 Å². The number of nitrogens with zero attached hydrogens (tertiary/aromatic N) is 1. The van der Waals surface area contributed by atoms with Gasteiger partial charge in [0.25, 0.3) is 0 Å². The molecule has 0 unspecified atom stereocenters.